The molecule has 1 aromatic heterocycles. The zero-order valence-corrected chi connectivity index (χ0v) is 12.5. The highest BCUT2D eigenvalue weighted by Crippen LogP contribution is 2.24. The highest BCUT2D eigenvalue weighted by atomic mass is 16.5. The summed E-state index contributed by atoms with van der Waals surface area (Å²) in [5.74, 6) is 1.81. The number of rotatable bonds is 4. The van der Waals surface area contributed by atoms with Crippen molar-refractivity contribution >= 4 is 0 Å². The van der Waals surface area contributed by atoms with Gasteiger partial charge in [-0.3, -0.25) is 4.90 Å². The van der Waals surface area contributed by atoms with Gasteiger partial charge in [0.25, 0.3) is 0 Å². The lowest BCUT2D eigenvalue weighted by molar-refractivity contribution is 0.0925. The standard InChI is InChI=1S/C17H21NO3/c1-12-6-7-17(21-12)14-5-3-4-13(8-14)9-18(2)15-10-20-11-16(15)19/h3-8,15-16,19H,9-11H2,1-2H3/t15-,16-/m1/s1. The van der Waals surface area contributed by atoms with Gasteiger partial charge in [-0.05, 0) is 37.7 Å². The third-order valence-electron chi connectivity index (χ3n) is 3.97. The number of likely N-dealkylation sites (N-methyl/N-ethyl adjacent to an activating group) is 1. The maximum absolute atomic E-state index is 9.89. The van der Waals surface area contributed by atoms with E-state index in [0.717, 1.165) is 23.6 Å². The summed E-state index contributed by atoms with van der Waals surface area (Å²) in [6.07, 6.45) is -0.397. The summed E-state index contributed by atoms with van der Waals surface area (Å²) >= 11 is 0. The van der Waals surface area contributed by atoms with Crippen LogP contribution in [0.4, 0.5) is 0 Å². The largest absolute Gasteiger partial charge is 0.461 e. The van der Waals surface area contributed by atoms with E-state index in [1.165, 1.54) is 5.56 Å². The Morgan fingerprint density at radius 3 is 2.76 bits per heavy atom. The summed E-state index contributed by atoms with van der Waals surface area (Å²) in [6.45, 7) is 3.75. The first-order chi connectivity index (χ1) is 10.1. The Hall–Kier alpha value is -1.62. The lowest BCUT2D eigenvalue weighted by atomic mass is 10.1. The Morgan fingerprint density at radius 1 is 1.24 bits per heavy atom. The molecule has 2 aromatic rings. The molecule has 2 heterocycles. The van der Waals surface area contributed by atoms with E-state index in [-0.39, 0.29) is 6.04 Å². The van der Waals surface area contributed by atoms with Gasteiger partial charge in [-0.25, -0.2) is 0 Å². The summed E-state index contributed by atoms with van der Waals surface area (Å²) in [4.78, 5) is 2.14. The van der Waals surface area contributed by atoms with Crippen molar-refractivity contribution in [3.05, 3.63) is 47.7 Å². The van der Waals surface area contributed by atoms with Crippen LogP contribution in [-0.4, -0.2) is 42.4 Å². The van der Waals surface area contributed by atoms with E-state index in [2.05, 4.69) is 23.1 Å². The Labute approximate surface area is 124 Å². The molecule has 1 aliphatic rings. The molecule has 4 nitrogen and oxygen atoms in total. The molecule has 3 rings (SSSR count). The Balaban J connectivity index is 1.74. The van der Waals surface area contributed by atoms with Gasteiger partial charge < -0.3 is 14.3 Å². The number of ether oxygens (including phenoxy) is 1. The summed E-state index contributed by atoms with van der Waals surface area (Å²) < 4.78 is 11.0. The van der Waals surface area contributed by atoms with Crippen LogP contribution in [0, 0.1) is 6.92 Å². The first kappa shape index (κ1) is 14.3. The number of hydrogen-bond acceptors (Lipinski definition) is 4. The second-order valence-electron chi connectivity index (χ2n) is 5.70. The molecule has 21 heavy (non-hydrogen) atoms. The molecule has 112 valence electrons. The van der Waals surface area contributed by atoms with E-state index < -0.39 is 6.10 Å². The van der Waals surface area contributed by atoms with Crippen molar-refractivity contribution < 1.29 is 14.3 Å². The average molecular weight is 287 g/mol. The predicted molar refractivity (Wildman–Crippen MR) is 81.0 cm³/mol. The van der Waals surface area contributed by atoms with E-state index in [0.29, 0.717) is 13.2 Å². The molecule has 1 fully saturated rings. The van der Waals surface area contributed by atoms with Gasteiger partial charge in [0.2, 0.25) is 0 Å². The molecule has 0 radical (unpaired) electrons. The number of benzene rings is 1. The minimum Gasteiger partial charge on any atom is -0.461 e. The van der Waals surface area contributed by atoms with E-state index in [4.69, 9.17) is 9.15 Å². The number of aliphatic hydroxyl groups excluding tert-OH is 1. The minimum atomic E-state index is -0.397. The van der Waals surface area contributed by atoms with Crippen LogP contribution in [0.3, 0.4) is 0 Å². The second-order valence-corrected chi connectivity index (χ2v) is 5.70. The van der Waals surface area contributed by atoms with Gasteiger partial charge in [0, 0.05) is 12.1 Å². The maximum atomic E-state index is 9.89. The van der Waals surface area contributed by atoms with Gasteiger partial charge in [-0.2, -0.15) is 0 Å². The lowest BCUT2D eigenvalue weighted by Gasteiger charge is -2.25. The number of hydrogen-bond donors (Lipinski definition) is 1. The third kappa shape index (κ3) is 3.18. The summed E-state index contributed by atoms with van der Waals surface area (Å²) in [6, 6.07) is 12.4. The molecule has 1 N–H and O–H groups in total. The van der Waals surface area contributed by atoms with Crippen LogP contribution in [0.1, 0.15) is 11.3 Å². The molecule has 2 atom stereocenters. The van der Waals surface area contributed by atoms with Crippen LogP contribution in [0.2, 0.25) is 0 Å². The first-order valence-corrected chi connectivity index (χ1v) is 7.25. The van der Waals surface area contributed by atoms with Crippen LogP contribution in [0.25, 0.3) is 11.3 Å². The van der Waals surface area contributed by atoms with Crippen LogP contribution >= 0.6 is 0 Å². The fourth-order valence-corrected chi connectivity index (χ4v) is 2.77. The van der Waals surface area contributed by atoms with E-state index in [1.807, 2.05) is 32.2 Å². The van der Waals surface area contributed by atoms with Crippen molar-refractivity contribution in [1.29, 1.82) is 0 Å². The highest BCUT2D eigenvalue weighted by Gasteiger charge is 2.29. The Kier molecular flexibility index (Phi) is 4.10. The number of aliphatic hydroxyl groups is 1. The van der Waals surface area contributed by atoms with Crippen molar-refractivity contribution in [2.45, 2.75) is 25.6 Å². The number of furan rings is 1. The normalized spacial score (nSPS) is 22.1. The number of nitrogens with zero attached hydrogens (tertiary/aromatic N) is 1. The Morgan fingerprint density at radius 2 is 2.10 bits per heavy atom. The first-order valence-electron chi connectivity index (χ1n) is 7.25. The van der Waals surface area contributed by atoms with E-state index in [1.54, 1.807) is 0 Å². The fraction of sp³-hybridized carbons (Fsp3) is 0.412. The third-order valence-corrected chi connectivity index (χ3v) is 3.97. The quantitative estimate of drug-likeness (QED) is 0.938. The zero-order valence-electron chi connectivity index (χ0n) is 12.5. The monoisotopic (exact) mass is 287 g/mol. The molecule has 1 aromatic carbocycles. The molecule has 0 unspecified atom stereocenters. The van der Waals surface area contributed by atoms with Gasteiger partial charge in [-0.1, -0.05) is 18.2 Å². The predicted octanol–water partition coefficient (Wildman–Crippen LogP) is 2.45. The van der Waals surface area contributed by atoms with Crippen LogP contribution in [0.5, 0.6) is 0 Å². The van der Waals surface area contributed by atoms with Crippen molar-refractivity contribution in [3.8, 4) is 11.3 Å². The summed E-state index contributed by atoms with van der Waals surface area (Å²) in [5.41, 5.74) is 2.28. The topological polar surface area (TPSA) is 45.8 Å². The molecule has 0 spiro atoms. The van der Waals surface area contributed by atoms with Crippen molar-refractivity contribution in [1.82, 2.24) is 4.90 Å². The van der Waals surface area contributed by atoms with Gasteiger partial charge in [0.15, 0.2) is 0 Å². The molecule has 0 saturated carbocycles. The molecule has 4 heteroatoms. The van der Waals surface area contributed by atoms with Crippen molar-refractivity contribution in [3.63, 3.8) is 0 Å². The van der Waals surface area contributed by atoms with Gasteiger partial charge in [0.05, 0.1) is 25.4 Å². The van der Waals surface area contributed by atoms with E-state index >= 15 is 0 Å². The molecule has 0 amide bonds. The highest BCUT2D eigenvalue weighted by molar-refractivity contribution is 5.58. The fourth-order valence-electron chi connectivity index (χ4n) is 2.77. The van der Waals surface area contributed by atoms with Crippen LogP contribution in [-0.2, 0) is 11.3 Å². The zero-order chi connectivity index (χ0) is 14.8. The molecule has 0 aliphatic carbocycles. The van der Waals surface area contributed by atoms with Crippen molar-refractivity contribution in [2.75, 3.05) is 20.3 Å². The Bertz CT molecular complexity index is 608. The van der Waals surface area contributed by atoms with Gasteiger partial charge in [-0.15, -0.1) is 0 Å². The molecule has 1 aliphatic heterocycles. The molecule has 1 saturated heterocycles. The summed E-state index contributed by atoms with van der Waals surface area (Å²) in [7, 11) is 2.02. The average Bonchev–Trinajstić information content (AvgIpc) is 3.08. The molecular weight excluding hydrogens is 266 g/mol. The van der Waals surface area contributed by atoms with Crippen LogP contribution in [0.15, 0.2) is 40.8 Å². The molecule has 0 bridgehead atoms. The minimum absolute atomic E-state index is 0.0690. The maximum Gasteiger partial charge on any atom is 0.134 e. The summed E-state index contributed by atoms with van der Waals surface area (Å²) in [5, 5.41) is 9.89. The van der Waals surface area contributed by atoms with E-state index in [9.17, 15) is 5.11 Å². The van der Waals surface area contributed by atoms with Gasteiger partial charge in [0.1, 0.15) is 11.5 Å². The van der Waals surface area contributed by atoms with Crippen LogP contribution < -0.4 is 0 Å². The number of aryl methyl sites for hydroxylation is 1. The SMILES string of the molecule is Cc1ccc(-c2cccc(CN(C)[C@@H]3COC[C@H]3O)c2)o1. The van der Waals surface area contributed by atoms with Gasteiger partial charge >= 0.3 is 0 Å². The smallest absolute Gasteiger partial charge is 0.134 e. The second kappa shape index (κ2) is 6.02. The van der Waals surface area contributed by atoms with Crippen molar-refractivity contribution in [2.24, 2.45) is 0 Å². The lowest BCUT2D eigenvalue weighted by Crippen LogP contribution is -2.39. The molecular formula is C17H21NO3.